The summed E-state index contributed by atoms with van der Waals surface area (Å²) in [5, 5.41) is 27.8. The Kier molecular flexibility index (Phi) is 8.41. The van der Waals surface area contributed by atoms with Crippen molar-refractivity contribution in [3.8, 4) is 6.07 Å². The molecule has 2 aliphatic heterocycles. The monoisotopic (exact) mass is 644 g/mol. The number of amides is 1. The minimum absolute atomic E-state index is 0.0209. The zero-order chi connectivity index (χ0) is 33.7. The van der Waals surface area contributed by atoms with Crippen LogP contribution in [-0.2, 0) is 19.8 Å². The van der Waals surface area contributed by atoms with Crippen LogP contribution >= 0.6 is 0 Å². The van der Waals surface area contributed by atoms with E-state index in [1.165, 1.54) is 18.3 Å². The number of anilines is 2. The molecular formula is C31H35F3N6O6. The summed E-state index contributed by atoms with van der Waals surface area (Å²) >= 11 is 0. The second-order valence-corrected chi connectivity index (χ2v) is 12.9. The summed E-state index contributed by atoms with van der Waals surface area (Å²) in [7, 11) is 0. The first-order chi connectivity index (χ1) is 21.5. The summed E-state index contributed by atoms with van der Waals surface area (Å²) in [6, 6.07) is 8.42. The highest BCUT2D eigenvalue weighted by molar-refractivity contribution is 5.97. The van der Waals surface area contributed by atoms with Gasteiger partial charge in [-0.25, -0.2) is 4.79 Å². The number of nitrogens with one attached hydrogen (secondary N) is 2. The number of carbonyl (C=O) groups excluding carboxylic acids is 2. The molecule has 2 aromatic heterocycles. The molecule has 4 heterocycles. The number of nitrogens with zero attached hydrogens (tertiary/aromatic N) is 4. The van der Waals surface area contributed by atoms with Crippen molar-refractivity contribution in [3.05, 3.63) is 51.9 Å². The number of nitriles is 1. The maximum absolute atomic E-state index is 13.3. The van der Waals surface area contributed by atoms with E-state index in [-0.39, 0.29) is 42.8 Å². The summed E-state index contributed by atoms with van der Waals surface area (Å²) in [4.78, 5) is 42.4. The fraction of sp³-hybridized carbons (Fsp3) is 0.516. The second kappa shape index (κ2) is 11.7. The van der Waals surface area contributed by atoms with E-state index < -0.39 is 59.4 Å². The van der Waals surface area contributed by atoms with Gasteiger partial charge in [0.05, 0.1) is 36.7 Å². The van der Waals surface area contributed by atoms with Crippen molar-refractivity contribution in [2.45, 2.75) is 82.4 Å². The molecule has 2 saturated heterocycles. The van der Waals surface area contributed by atoms with E-state index in [9.17, 15) is 37.9 Å². The molecule has 2 aliphatic rings. The van der Waals surface area contributed by atoms with Crippen LogP contribution < -0.4 is 10.9 Å². The molecule has 5 rings (SSSR count). The van der Waals surface area contributed by atoms with Crippen LogP contribution in [0, 0.1) is 18.3 Å². The third-order valence-electron chi connectivity index (χ3n) is 8.34. The molecule has 46 heavy (non-hydrogen) atoms. The largest absolute Gasteiger partial charge is 0.458 e. The van der Waals surface area contributed by atoms with Gasteiger partial charge in [-0.15, -0.1) is 0 Å². The van der Waals surface area contributed by atoms with E-state index in [0.717, 1.165) is 4.90 Å². The van der Waals surface area contributed by atoms with Gasteiger partial charge in [-0.05, 0) is 70.4 Å². The van der Waals surface area contributed by atoms with Crippen LogP contribution in [0.25, 0.3) is 10.9 Å². The average molecular weight is 645 g/mol. The van der Waals surface area contributed by atoms with Gasteiger partial charge in [0.25, 0.3) is 11.5 Å². The molecule has 3 aromatic rings. The van der Waals surface area contributed by atoms with Gasteiger partial charge in [-0.2, -0.15) is 23.5 Å². The summed E-state index contributed by atoms with van der Waals surface area (Å²) in [5.74, 6) is -0.979. The number of benzene rings is 1. The number of carbonyl (C=O) groups is 2. The van der Waals surface area contributed by atoms with Crippen LogP contribution in [0.4, 0.5) is 24.7 Å². The number of likely N-dealkylation sites (tertiary alicyclic amines) is 1. The Balaban J connectivity index is 1.42. The van der Waals surface area contributed by atoms with Gasteiger partial charge in [0.1, 0.15) is 11.0 Å². The SMILES string of the molecule is Cc1cc(Nc2nn(C3(CC#N)CCC(C(=O)OC(C)(C)C)OC3)c3cc[nH]c(=O)c23)ccc1C(=O)N1CCC(O)(C(F)(F)F)C1. The Morgan fingerprint density at radius 3 is 2.59 bits per heavy atom. The number of alkyl halides is 3. The Hall–Kier alpha value is -4.42. The molecule has 0 aliphatic carbocycles. The first-order valence-corrected chi connectivity index (χ1v) is 14.8. The van der Waals surface area contributed by atoms with Crippen LogP contribution in [0.2, 0.25) is 0 Å². The molecule has 3 N–H and O–H groups in total. The average Bonchev–Trinajstić information content (AvgIpc) is 3.55. The second-order valence-electron chi connectivity index (χ2n) is 12.9. The molecule has 3 unspecified atom stereocenters. The number of hydrogen-bond donors (Lipinski definition) is 3. The predicted molar refractivity (Wildman–Crippen MR) is 159 cm³/mol. The van der Waals surface area contributed by atoms with Crippen LogP contribution in [0.1, 0.15) is 62.4 Å². The molecule has 0 bridgehead atoms. The number of halogens is 3. The summed E-state index contributed by atoms with van der Waals surface area (Å²) in [5.41, 5.74) is -3.61. The van der Waals surface area contributed by atoms with E-state index >= 15 is 0 Å². The minimum atomic E-state index is -4.86. The van der Waals surface area contributed by atoms with Crippen molar-refractivity contribution in [1.29, 1.82) is 5.26 Å². The van der Waals surface area contributed by atoms with E-state index in [1.807, 2.05) is 0 Å². The van der Waals surface area contributed by atoms with Crippen LogP contribution in [-0.4, -0.2) is 79.8 Å². The van der Waals surface area contributed by atoms with E-state index in [2.05, 4.69) is 16.4 Å². The molecule has 3 atom stereocenters. The lowest BCUT2D eigenvalue weighted by Gasteiger charge is -2.39. The van der Waals surface area contributed by atoms with Crippen molar-refractivity contribution < 1.29 is 37.3 Å². The van der Waals surface area contributed by atoms with Gasteiger partial charge in [-0.1, -0.05) is 0 Å². The standard InChI is InChI=1S/C31H35F3N6O6/c1-18-15-19(5-6-20(18)26(42)39-14-11-30(44,16-39)31(32,33)34)37-24-23-21(8-13-36-25(23)41)40(38-24)29(10-12-35)9-7-22(45-17-29)27(43)46-28(2,3)4/h5-6,8,13,15,22,44H,7,9-11,14,16-17H2,1-4H3,(H,36,41)(H,37,38). The minimum Gasteiger partial charge on any atom is -0.458 e. The number of H-pyrrole nitrogens is 1. The van der Waals surface area contributed by atoms with Gasteiger partial charge >= 0.3 is 12.1 Å². The number of aliphatic hydroxyl groups is 1. The first-order valence-electron chi connectivity index (χ1n) is 14.8. The topological polar surface area (TPSA) is 163 Å². The third kappa shape index (κ3) is 6.19. The smallest absolute Gasteiger partial charge is 0.419 e. The van der Waals surface area contributed by atoms with Crippen molar-refractivity contribution in [2.24, 2.45) is 0 Å². The summed E-state index contributed by atoms with van der Waals surface area (Å²) < 4.78 is 52.8. The first kappa shape index (κ1) is 33.0. The van der Waals surface area contributed by atoms with E-state index in [1.54, 1.807) is 44.5 Å². The molecule has 0 saturated carbocycles. The van der Waals surface area contributed by atoms with Gasteiger partial charge in [0, 0.05) is 30.4 Å². The van der Waals surface area contributed by atoms with Crippen LogP contribution in [0.3, 0.4) is 0 Å². The highest BCUT2D eigenvalue weighted by atomic mass is 19.4. The zero-order valence-corrected chi connectivity index (χ0v) is 25.8. The number of fused-ring (bicyclic) bond motifs is 1. The zero-order valence-electron chi connectivity index (χ0n) is 25.8. The number of rotatable bonds is 6. The number of esters is 1. The van der Waals surface area contributed by atoms with E-state index in [4.69, 9.17) is 14.6 Å². The van der Waals surface area contributed by atoms with Gasteiger partial charge in [-0.3, -0.25) is 14.3 Å². The summed E-state index contributed by atoms with van der Waals surface area (Å²) in [6.45, 7) is 5.76. The Bertz CT molecular complexity index is 1760. The van der Waals surface area contributed by atoms with Crippen molar-refractivity contribution in [2.75, 3.05) is 25.0 Å². The molecule has 246 valence electrons. The highest BCUT2D eigenvalue weighted by Gasteiger charge is 2.58. The fourth-order valence-electron chi connectivity index (χ4n) is 5.91. The highest BCUT2D eigenvalue weighted by Crippen LogP contribution is 2.39. The molecule has 1 amide bonds. The number of aromatic amines is 1. The van der Waals surface area contributed by atoms with Gasteiger partial charge in [0.15, 0.2) is 17.5 Å². The number of hydrogen-bond acceptors (Lipinski definition) is 9. The molecule has 0 radical (unpaired) electrons. The molecule has 1 aromatic carbocycles. The maximum Gasteiger partial charge on any atom is 0.419 e. The van der Waals surface area contributed by atoms with E-state index in [0.29, 0.717) is 23.2 Å². The van der Waals surface area contributed by atoms with Crippen molar-refractivity contribution in [3.63, 3.8) is 0 Å². The Morgan fingerprint density at radius 2 is 2.00 bits per heavy atom. The summed E-state index contributed by atoms with van der Waals surface area (Å²) in [6.07, 6.45) is -4.24. The third-order valence-corrected chi connectivity index (χ3v) is 8.34. The lowest BCUT2D eigenvalue weighted by atomic mass is 9.87. The number of β-amino-alcohol motifs (C(OH)–C–C–N with tert-alkyl or cyclic N) is 1. The fourth-order valence-corrected chi connectivity index (χ4v) is 5.91. The number of pyridine rings is 1. The maximum atomic E-state index is 13.3. The predicted octanol–water partition coefficient (Wildman–Crippen LogP) is 4.05. The lowest BCUT2D eigenvalue weighted by molar-refractivity contribution is -0.253. The Labute approximate surface area is 262 Å². The van der Waals surface area contributed by atoms with Crippen LogP contribution in [0.5, 0.6) is 0 Å². The van der Waals surface area contributed by atoms with Gasteiger partial charge < -0.3 is 29.8 Å². The molecule has 0 spiro atoms. The number of ether oxygens (including phenoxy) is 2. The van der Waals surface area contributed by atoms with Crippen molar-refractivity contribution >= 4 is 34.3 Å². The molecular weight excluding hydrogens is 609 g/mol. The molecule has 15 heteroatoms. The molecule has 12 nitrogen and oxygen atoms in total. The Morgan fingerprint density at radius 1 is 1.26 bits per heavy atom. The number of aryl methyl sites for hydroxylation is 1. The lowest BCUT2D eigenvalue weighted by Crippen LogP contribution is -2.48. The number of aromatic nitrogens is 3. The normalized spacial score (nSPS) is 23.7. The van der Waals surface area contributed by atoms with Gasteiger partial charge in [0.2, 0.25) is 0 Å². The quantitative estimate of drug-likeness (QED) is 0.336. The van der Waals surface area contributed by atoms with Crippen molar-refractivity contribution in [1.82, 2.24) is 19.7 Å². The molecule has 2 fully saturated rings. The van der Waals surface area contributed by atoms with Crippen LogP contribution in [0.15, 0.2) is 35.3 Å².